The van der Waals surface area contributed by atoms with Crippen LogP contribution in [0.5, 0.6) is 0 Å². The molecule has 0 spiro atoms. The Bertz CT molecular complexity index is 734. The lowest BCUT2D eigenvalue weighted by Crippen LogP contribution is -2.11. The molecular weight excluding hydrogens is 260 g/mol. The third-order valence-electron chi connectivity index (χ3n) is 2.60. The molecule has 100 valence electrons. The second-order valence-corrected chi connectivity index (χ2v) is 4.04. The van der Waals surface area contributed by atoms with E-state index in [0.29, 0.717) is 5.82 Å². The molecule has 1 N–H and O–H groups in total. The first-order chi connectivity index (χ1) is 9.72. The maximum absolute atomic E-state index is 10.6. The van der Waals surface area contributed by atoms with Gasteiger partial charge in [-0.3, -0.25) is 4.79 Å². The van der Waals surface area contributed by atoms with Gasteiger partial charge in [0.1, 0.15) is 0 Å². The molecule has 0 unspecified atom stereocenters. The summed E-state index contributed by atoms with van der Waals surface area (Å²) in [5, 5.41) is 24.4. The van der Waals surface area contributed by atoms with Crippen LogP contribution < -0.4 is 0 Å². The molecule has 0 radical (unpaired) electrons. The number of aromatic nitrogens is 6. The third-order valence-corrected chi connectivity index (χ3v) is 2.60. The van der Waals surface area contributed by atoms with E-state index in [-0.39, 0.29) is 6.54 Å². The Morgan fingerprint density at radius 3 is 2.95 bits per heavy atom. The van der Waals surface area contributed by atoms with Crippen molar-refractivity contribution < 1.29 is 9.90 Å². The summed E-state index contributed by atoms with van der Waals surface area (Å²) in [4.78, 5) is 11.6. The van der Waals surface area contributed by atoms with Crippen molar-refractivity contribution in [3.05, 3.63) is 42.7 Å². The summed E-state index contributed by atoms with van der Waals surface area (Å²) in [5.74, 6) is -0.639. The zero-order valence-electron chi connectivity index (χ0n) is 10.3. The van der Waals surface area contributed by atoms with Crippen molar-refractivity contribution in [3.8, 4) is 17.1 Å². The number of rotatable bonds is 4. The van der Waals surface area contributed by atoms with E-state index in [4.69, 9.17) is 5.11 Å². The first kappa shape index (κ1) is 12.0. The van der Waals surface area contributed by atoms with Crippen LogP contribution in [0.15, 0.2) is 42.7 Å². The quantitative estimate of drug-likeness (QED) is 0.745. The summed E-state index contributed by atoms with van der Waals surface area (Å²) in [5.41, 5.74) is 1.61. The first-order valence-electron chi connectivity index (χ1n) is 5.82. The Morgan fingerprint density at radius 1 is 1.30 bits per heavy atom. The SMILES string of the molecule is O=C(O)Cn1nnc(-c2cccc(-n3cccn3)c2)n1. The molecule has 0 atom stereocenters. The monoisotopic (exact) mass is 270 g/mol. The molecule has 3 aromatic rings. The van der Waals surface area contributed by atoms with Gasteiger partial charge in [-0.2, -0.15) is 9.90 Å². The maximum Gasteiger partial charge on any atom is 0.327 e. The molecule has 20 heavy (non-hydrogen) atoms. The number of nitrogens with zero attached hydrogens (tertiary/aromatic N) is 6. The molecule has 0 amide bonds. The Labute approximate surface area is 113 Å². The Morgan fingerprint density at radius 2 is 2.20 bits per heavy atom. The first-order valence-corrected chi connectivity index (χ1v) is 5.82. The maximum atomic E-state index is 10.6. The van der Waals surface area contributed by atoms with Crippen molar-refractivity contribution in [3.63, 3.8) is 0 Å². The molecule has 8 nitrogen and oxygen atoms in total. The highest BCUT2D eigenvalue weighted by molar-refractivity contribution is 5.66. The molecule has 2 heterocycles. The average molecular weight is 270 g/mol. The van der Waals surface area contributed by atoms with Crippen LogP contribution >= 0.6 is 0 Å². The minimum absolute atomic E-state index is 0.314. The van der Waals surface area contributed by atoms with Crippen molar-refractivity contribution in [2.75, 3.05) is 0 Å². The van der Waals surface area contributed by atoms with Crippen LogP contribution in [0.1, 0.15) is 0 Å². The van der Waals surface area contributed by atoms with Gasteiger partial charge in [0.25, 0.3) is 0 Å². The van der Waals surface area contributed by atoms with Gasteiger partial charge in [0.05, 0.1) is 5.69 Å². The van der Waals surface area contributed by atoms with E-state index in [1.54, 1.807) is 10.9 Å². The molecule has 3 rings (SSSR count). The van der Waals surface area contributed by atoms with E-state index in [2.05, 4.69) is 20.5 Å². The lowest BCUT2D eigenvalue weighted by atomic mass is 10.2. The second kappa shape index (κ2) is 4.92. The number of carboxylic acids is 1. The highest BCUT2D eigenvalue weighted by Gasteiger charge is 2.09. The van der Waals surface area contributed by atoms with Gasteiger partial charge in [-0.1, -0.05) is 12.1 Å². The average Bonchev–Trinajstić information content (AvgIpc) is 3.09. The van der Waals surface area contributed by atoms with E-state index in [0.717, 1.165) is 16.0 Å². The molecule has 0 aliphatic rings. The highest BCUT2D eigenvalue weighted by Crippen LogP contribution is 2.17. The predicted molar refractivity (Wildman–Crippen MR) is 68.0 cm³/mol. The molecule has 8 heteroatoms. The van der Waals surface area contributed by atoms with Crippen molar-refractivity contribution in [1.82, 2.24) is 30.0 Å². The number of benzene rings is 1. The van der Waals surface area contributed by atoms with Crippen LogP contribution in [0.25, 0.3) is 17.1 Å². The number of carbonyl (C=O) groups is 1. The van der Waals surface area contributed by atoms with Gasteiger partial charge < -0.3 is 5.11 Å². The zero-order valence-corrected chi connectivity index (χ0v) is 10.3. The minimum atomic E-state index is -1.01. The fraction of sp³-hybridized carbons (Fsp3) is 0.0833. The van der Waals surface area contributed by atoms with Gasteiger partial charge in [0.2, 0.25) is 5.82 Å². The summed E-state index contributed by atoms with van der Waals surface area (Å²) in [7, 11) is 0. The molecule has 0 bridgehead atoms. The van der Waals surface area contributed by atoms with Crippen molar-refractivity contribution in [2.45, 2.75) is 6.54 Å². The molecule has 1 aromatic carbocycles. The predicted octanol–water partition coefficient (Wildman–Crippen LogP) is 0.610. The Kier molecular flexibility index (Phi) is 2.96. The van der Waals surface area contributed by atoms with E-state index in [1.165, 1.54) is 0 Å². The van der Waals surface area contributed by atoms with Gasteiger partial charge in [-0.15, -0.1) is 10.2 Å². The summed E-state index contributed by atoms with van der Waals surface area (Å²) in [6, 6.07) is 9.26. The number of hydrogen-bond acceptors (Lipinski definition) is 5. The topological polar surface area (TPSA) is 98.7 Å². The lowest BCUT2D eigenvalue weighted by molar-refractivity contribution is -0.138. The zero-order chi connectivity index (χ0) is 13.9. The Balaban J connectivity index is 1.92. The van der Waals surface area contributed by atoms with Crippen LogP contribution in [-0.4, -0.2) is 41.1 Å². The molecule has 0 aliphatic carbocycles. The number of hydrogen-bond donors (Lipinski definition) is 1. The molecule has 0 aliphatic heterocycles. The van der Waals surface area contributed by atoms with Crippen molar-refractivity contribution >= 4 is 5.97 Å². The van der Waals surface area contributed by atoms with Gasteiger partial charge in [-0.05, 0) is 23.4 Å². The fourth-order valence-electron chi connectivity index (χ4n) is 1.76. The van der Waals surface area contributed by atoms with Crippen LogP contribution in [0.3, 0.4) is 0 Å². The van der Waals surface area contributed by atoms with E-state index in [9.17, 15) is 4.79 Å². The number of aliphatic carboxylic acids is 1. The van der Waals surface area contributed by atoms with Crippen LogP contribution in [-0.2, 0) is 11.3 Å². The molecule has 0 saturated carbocycles. The molecule has 2 aromatic heterocycles. The molecular formula is C12H10N6O2. The summed E-state index contributed by atoms with van der Waals surface area (Å²) < 4.78 is 1.71. The van der Waals surface area contributed by atoms with Crippen LogP contribution in [0, 0.1) is 0 Å². The minimum Gasteiger partial charge on any atom is -0.480 e. The van der Waals surface area contributed by atoms with Gasteiger partial charge in [0.15, 0.2) is 6.54 Å². The third kappa shape index (κ3) is 2.39. The summed E-state index contributed by atoms with van der Waals surface area (Å²) in [6.07, 6.45) is 3.52. The Hall–Kier alpha value is -3.03. The van der Waals surface area contributed by atoms with Gasteiger partial charge in [0, 0.05) is 18.0 Å². The van der Waals surface area contributed by atoms with Gasteiger partial charge >= 0.3 is 5.97 Å². The number of tetrazole rings is 1. The molecule has 0 saturated heterocycles. The van der Waals surface area contributed by atoms with Crippen molar-refractivity contribution in [2.24, 2.45) is 0 Å². The largest absolute Gasteiger partial charge is 0.480 e. The van der Waals surface area contributed by atoms with E-state index < -0.39 is 5.97 Å². The van der Waals surface area contributed by atoms with E-state index in [1.807, 2.05) is 36.5 Å². The second-order valence-electron chi connectivity index (χ2n) is 4.04. The van der Waals surface area contributed by atoms with Gasteiger partial charge in [-0.25, -0.2) is 4.68 Å². The smallest absolute Gasteiger partial charge is 0.327 e. The van der Waals surface area contributed by atoms with E-state index >= 15 is 0 Å². The molecule has 0 fully saturated rings. The summed E-state index contributed by atoms with van der Waals surface area (Å²) in [6.45, 7) is -0.314. The highest BCUT2D eigenvalue weighted by atomic mass is 16.4. The lowest BCUT2D eigenvalue weighted by Gasteiger charge is -2.02. The standard InChI is InChI=1S/C12H10N6O2/c19-11(20)8-18-15-12(14-16-18)9-3-1-4-10(7-9)17-6-2-5-13-17/h1-7H,8H2,(H,19,20). The van der Waals surface area contributed by atoms with Crippen molar-refractivity contribution in [1.29, 1.82) is 0 Å². The number of carboxylic acid groups (broad SMARTS) is 1. The summed E-state index contributed by atoms with van der Waals surface area (Å²) >= 11 is 0. The fourth-order valence-corrected chi connectivity index (χ4v) is 1.76. The van der Waals surface area contributed by atoms with Crippen LogP contribution in [0.2, 0.25) is 0 Å². The van der Waals surface area contributed by atoms with Crippen LogP contribution in [0.4, 0.5) is 0 Å². The normalized spacial score (nSPS) is 10.6.